The van der Waals surface area contributed by atoms with E-state index in [2.05, 4.69) is 63.8 Å². The largest absolute Gasteiger partial charge is 0.494 e. The summed E-state index contributed by atoms with van der Waals surface area (Å²) in [5, 5.41) is 0. The molecule has 2 saturated heterocycles. The van der Waals surface area contributed by atoms with E-state index in [0.717, 1.165) is 5.46 Å². The van der Waals surface area contributed by atoms with Gasteiger partial charge in [0.05, 0.1) is 11.2 Å². The van der Waals surface area contributed by atoms with Crippen LogP contribution in [0.15, 0.2) is 24.3 Å². The van der Waals surface area contributed by atoms with Crippen molar-refractivity contribution in [3.8, 4) is 0 Å². The standard InChI is InChI=1S/C19H30BNO2/c1-15(21-13-7-6-8-14-21)16-9-11-17(12-10-16)20-22-18(2,3)19(4,5)23-20/h9-12,15H,6-8,13-14H2,1-5H3/t15-/m1/s1. The van der Waals surface area contributed by atoms with E-state index in [1.54, 1.807) is 0 Å². The molecule has 0 spiro atoms. The molecule has 2 heterocycles. The molecular formula is C19H30BNO2. The van der Waals surface area contributed by atoms with Gasteiger partial charge in [-0.2, -0.15) is 0 Å². The van der Waals surface area contributed by atoms with E-state index in [9.17, 15) is 0 Å². The SMILES string of the molecule is C[C@H](c1ccc(B2OC(C)(C)C(C)(C)O2)cc1)N1CCCCC1. The van der Waals surface area contributed by atoms with Crippen LogP contribution in [0.5, 0.6) is 0 Å². The van der Waals surface area contributed by atoms with Crippen LogP contribution < -0.4 is 5.46 Å². The van der Waals surface area contributed by atoms with Crippen LogP contribution in [0.3, 0.4) is 0 Å². The number of nitrogens with zero attached hydrogens (tertiary/aromatic N) is 1. The van der Waals surface area contributed by atoms with Crippen LogP contribution in [0.25, 0.3) is 0 Å². The molecule has 1 aromatic rings. The van der Waals surface area contributed by atoms with Crippen molar-refractivity contribution in [3.05, 3.63) is 29.8 Å². The third kappa shape index (κ3) is 3.35. The van der Waals surface area contributed by atoms with Crippen molar-refractivity contribution in [1.29, 1.82) is 0 Å². The predicted octanol–water partition coefficient (Wildman–Crippen LogP) is 3.53. The first-order valence-corrected chi connectivity index (χ1v) is 9.00. The van der Waals surface area contributed by atoms with Crippen molar-refractivity contribution in [2.24, 2.45) is 0 Å². The zero-order valence-electron chi connectivity index (χ0n) is 15.3. The lowest BCUT2D eigenvalue weighted by atomic mass is 9.78. The van der Waals surface area contributed by atoms with Crippen LogP contribution >= 0.6 is 0 Å². The molecule has 4 heteroatoms. The second-order valence-corrected chi connectivity index (χ2v) is 8.03. The number of hydrogen-bond donors (Lipinski definition) is 0. The Morgan fingerprint density at radius 1 is 0.913 bits per heavy atom. The summed E-state index contributed by atoms with van der Waals surface area (Å²) >= 11 is 0. The minimum Gasteiger partial charge on any atom is -0.399 e. The highest BCUT2D eigenvalue weighted by atomic mass is 16.7. The highest BCUT2D eigenvalue weighted by Gasteiger charge is 2.51. The first kappa shape index (κ1) is 17.0. The number of likely N-dealkylation sites (tertiary alicyclic amines) is 1. The van der Waals surface area contributed by atoms with E-state index >= 15 is 0 Å². The number of piperidine rings is 1. The van der Waals surface area contributed by atoms with Crippen molar-refractivity contribution in [2.45, 2.75) is 71.1 Å². The van der Waals surface area contributed by atoms with Gasteiger partial charge in [0.25, 0.3) is 0 Å². The van der Waals surface area contributed by atoms with E-state index in [0.29, 0.717) is 6.04 Å². The van der Waals surface area contributed by atoms with Crippen LogP contribution in [-0.2, 0) is 9.31 Å². The average molecular weight is 315 g/mol. The lowest BCUT2D eigenvalue weighted by molar-refractivity contribution is 0.00578. The van der Waals surface area contributed by atoms with E-state index in [-0.39, 0.29) is 18.3 Å². The minimum atomic E-state index is -0.280. The van der Waals surface area contributed by atoms with Gasteiger partial charge in [-0.3, -0.25) is 4.90 Å². The normalized spacial score (nSPS) is 25.5. The lowest BCUT2D eigenvalue weighted by Crippen LogP contribution is -2.41. The monoisotopic (exact) mass is 315 g/mol. The highest BCUT2D eigenvalue weighted by molar-refractivity contribution is 6.62. The molecule has 0 amide bonds. The maximum atomic E-state index is 6.13. The van der Waals surface area contributed by atoms with Gasteiger partial charge in [-0.05, 0) is 71.6 Å². The Morgan fingerprint density at radius 2 is 1.43 bits per heavy atom. The zero-order chi connectivity index (χ0) is 16.7. The van der Waals surface area contributed by atoms with E-state index in [1.165, 1.54) is 37.9 Å². The molecule has 3 rings (SSSR count). The molecule has 0 aromatic heterocycles. The van der Waals surface area contributed by atoms with Crippen molar-refractivity contribution >= 4 is 12.6 Å². The maximum Gasteiger partial charge on any atom is 0.494 e. The molecule has 126 valence electrons. The average Bonchev–Trinajstić information content (AvgIpc) is 2.76. The fourth-order valence-corrected chi connectivity index (χ4v) is 3.43. The van der Waals surface area contributed by atoms with Crippen molar-refractivity contribution in [2.75, 3.05) is 13.1 Å². The lowest BCUT2D eigenvalue weighted by Gasteiger charge is -2.32. The summed E-state index contributed by atoms with van der Waals surface area (Å²) in [4.78, 5) is 2.59. The van der Waals surface area contributed by atoms with Gasteiger partial charge < -0.3 is 9.31 Å². The molecule has 2 aliphatic rings. The van der Waals surface area contributed by atoms with Crippen LogP contribution in [0.2, 0.25) is 0 Å². The molecule has 0 saturated carbocycles. The molecular weight excluding hydrogens is 285 g/mol. The van der Waals surface area contributed by atoms with Gasteiger partial charge in [-0.25, -0.2) is 0 Å². The van der Waals surface area contributed by atoms with Crippen LogP contribution in [0.4, 0.5) is 0 Å². The summed E-state index contributed by atoms with van der Waals surface area (Å²) < 4.78 is 12.3. The molecule has 1 aromatic carbocycles. The maximum absolute atomic E-state index is 6.13. The molecule has 3 nitrogen and oxygen atoms in total. The highest BCUT2D eigenvalue weighted by Crippen LogP contribution is 2.36. The predicted molar refractivity (Wildman–Crippen MR) is 96.0 cm³/mol. The Kier molecular flexibility index (Phi) is 4.61. The molecule has 0 bridgehead atoms. The van der Waals surface area contributed by atoms with Gasteiger partial charge >= 0.3 is 7.12 Å². The first-order chi connectivity index (χ1) is 10.8. The van der Waals surface area contributed by atoms with E-state index in [4.69, 9.17) is 9.31 Å². The van der Waals surface area contributed by atoms with E-state index < -0.39 is 0 Å². The number of rotatable bonds is 3. The van der Waals surface area contributed by atoms with Gasteiger partial charge in [0.1, 0.15) is 0 Å². The Morgan fingerprint density at radius 3 is 1.96 bits per heavy atom. The topological polar surface area (TPSA) is 21.7 Å². The summed E-state index contributed by atoms with van der Waals surface area (Å²) in [5.74, 6) is 0. The molecule has 0 aliphatic carbocycles. The van der Waals surface area contributed by atoms with Gasteiger partial charge in [0.15, 0.2) is 0 Å². The van der Waals surface area contributed by atoms with Crippen molar-refractivity contribution < 1.29 is 9.31 Å². The Bertz CT molecular complexity index is 519. The van der Waals surface area contributed by atoms with Gasteiger partial charge in [-0.1, -0.05) is 30.7 Å². The fraction of sp³-hybridized carbons (Fsp3) is 0.684. The Labute approximate surface area is 141 Å². The fourth-order valence-electron chi connectivity index (χ4n) is 3.43. The quantitative estimate of drug-likeness (QED) is 0.797. The molecule has 0 N–H and O–H groups in total. The van der Waals surface area contributed by atoms with Crippen molar-refractivity contribution in [3.63, 3.8) is 0 Å². The summed E-state index contributed by atoms with van der Waals surface area (Å²) in [6, 6.07) is 9.29. The summed E-state index contributed by atoms with van der Waals surface area (Å²) in [5.41, 5.74) is 1.93. The third-order valence-corrected chi connectivity index (χ3v) is 5.88. The van der Waals surface area contributed by atoms with Gasteiger partial charge in [-0.15, -0.1) is 0 Å². The van der Waals surface area contributed by atoms with Crippen molar-refractivity contribution in [1.82, 2.24) is 4.90 Å². The van der Waals surface area contributed by atoms with Crippen LogP contribution in [-0.4, -0.2) is 36.3 Å². The summed E-state index contributed by atoms with van der Waals surface area (Å²) in [6.45, 7) is 13.1. The van der Waals surface area contributed by atoms with Gasteiger partial charge in [0.2, 0.25) is 0 Å². The minimum absolute atomic E-state index is 0.264. The first-order valence-electron chi connectivity index (χ1n) is 9.00. The second-order valence-electron chi connectivity index (χ2n) is 8.03. The zero-order valence-corrected chi connectivity index (χ0v) is 15.3. The number of hydrogen-bond acceptors (Lipinski definition) is 3. The Balaban J connectivity index is 1.70. The third-order valence-electron chi connectivity index (χ3n) is 5.88. The summed E-state index contributed by atoms with van der Waals surface area (Å²) in [6.07, 6.45) is 4.04. The second kappa shape index (κ2) is 6.23. The van der Waals surface area contributed by atoms with Crippen LogP contribution in [0.1, 0.15) is 65.5 Å². The number of benzene rings is 1. The molecule has 23 heavy (non-hydrogen) atoms. The molecule has 0 unspecified atom stereocenters. The molecule has 2 fully saturated rings. The summed E-state index contributed by atoms with van der Waals surface area (Å²) in [7, 11) is -0.264. The molecule has 0 radical (unpaired) electrons. The van der Waals surface area contributed by atoms with Gasteiger partial charge in [0, 0.05) is 6.04 Å². The molecule has 1 atom stereocenters. The smallest absolute Gasteiger partial charge is 0.399 e. The van der Waals surface area contributed by atoms with Crippen LogP contribution in [0, 0.1) is 0 Å². The van der Waals surface area contributed by atoms with E-state index in [1.807, 2.05) is 0 Å². The molecule has 2 aliphatic heterocycles. The Hall–Kier alpha value is -0.835.